The van der Waals surface area contributed by atoms with E-state index in [0.717, 1.165) is 16.3 Å². The molecule has 3 aromatic rings. The second-order valence-electron chi connectivity index (χ2n) is 5.79. The maximum atomic E-state index is 12.9. The molecule has 0 saturated heterocycles. The van der Waals surface area contributed by atoms with Crippen molar-refractivity contribution >= 4 is 29.0 Å². The maximum Gasteiger partial charge on any atom is 0.254 e. The molecule has 0 radical (unpaired) electrons. The van der Waals surface area contributed by atoms with E-state index in [4.69, 9.17) is 4.74 Å². The Morgan fingerprint density at radius 2 is 2.00 bits per heavy atom. The molecular formula is C20H19FN2O2S2. The number of thioether (sulfide) groups is 1. The quantitative estimate of drug-likeness (QED) is 0.511. The highest BCUT2D eigenvalue weighted by molar-refractivity contribution is 7.98. The Labute approximate surface area is 166 Å². The fourth-order valence-corrected chi connectivity index (χ4v) is 3.98. The smallest absolute Gasteiger partial charge is 0.254 e. The van der Waals surface area contributed by atoms with Crippen molar-refractivity contribution in [3.05, 3.63) is 76.5 Å². The number of thiazole rings is 1. The van der Waals surface area contributed by atoms with Crippen LogP contribution >= 0.6 is 23.1 Å². The van der Waals surface area contributed by atoms with Gasteiger partial charge in [-0.1, -0.05) is 12.1 Å². The monoisotopic (exact) mass is 402 g/mol. The third-order valence-electron chi connectivity index (χ3n) is 3.83. The zero-order valence-corrected chi connectivity index (χ0v) is 16.4. The molecule has 0 aliphatic carbocycles. The van der Waals surface area contributed by atoms with Crippen molar-refractivity contribution in [1.29, 1.82) is 0 Å². The SMILES string of the molecule is CN(CCOc1ccc(F)cc1)C(=O)c1ccccc1SCc1cscn1. The van der Waals surface area contributed by atoms with Crippen molar-refractivity contribution in [2.75, 3.05) is 20.2 Å². The van der Waals surface area contributed by atoms with Crippen LogP contribution in [0.4, 0.5) is 4.39 Å². The Kier molecular flexibility index (Phi) is 6.84. The lowest BCUT2D eigenvalue weighted by molar-refractivity contribution is 0.0770. The zero-order valence-electron chi connectivity index (χ0n) is 14.8. The lowest BCUT2D eigenvalue weighted by Gasteiger charge is -2.19. The summed E-state index contributed by atoms with van der Waals surface area (Å²) in [6.45, 7) is 0.767. The van der Waals surface area contributed by atoms with Crippen molar-refractivity contribution in [2.24, 2.45) is 0 Å². The molecule has 1 aromatic heterocycles. The zero-order chi connectivity index (χ0) is 19.1. The average Bonchev–Trinajstić information content (AvgIpc) is 3.21. The Morgan fingerprint density at radius 3 is 2.74 bits per heavy atom. The van der Waals surface area contributed by atoms with Gasteiger partial charge in [0.05, 0.1) is 23.3 Å². The van der Waals surface area contributed by atoms with Crippen LogP contribution in [-0.4, -0.2) is 36.0 Å². The molecule has 2 aromatic carbocycles. The first-order chi connectivity index (χ1) is 13.1. The summed E-state index contributed by atoms with van der Waals surface area (Å²) in [6, 6.07) is 13.4. The number of nitrogens with zero attached hydrogens (tertiary/aromatic N) is 2. The van der Waals surface area contributed by atoms with E-state index in [-0.39, 0.29) is 11.7 Å². The maximum absolute atomic E-state index is 12.9. The van der Waals surface area contributed by atoms with Crippen LogP contribution in [0.25, 0.3) is 0 Å². The number of carbonyl (C=O) groups excluding carboxylic acids is 1. The molecule has 7 heteroatoms. The molecule has 0 N–H and O–H groups in total. The van der Waals surface area contributed by atoms with E-state index in [2.05, 4.69) is 4.98 Å². The molecule has 1 heterocycles. The normalized spacial score (nSPS) is 10.6. The first kappa shape index (κ1) is 19.4. The molecule has 1 amide bonds. The molecule has 0 spiro atoms. The largest absolute Gasteiger partial charge is 0.492 e. The third kappa shape index (κ3) is 5.55. The average molecular weight is 403 g/mol. The van der Waals surface area contributed by atoms with Crippen molar-refractivity contribution < 1.29 is 13.9 Å². The van der Waals surface area contributed by atoms with Gasteiger partial charge < -0.3 is 9.64 Å². The van der Waals surface area contributed by atoms with Gasteiger partial charge in [-0.2, -0.15) is 0 Å². The van der Waals surface area contributed by atoms with E-state index in [9.17, 15) is 9.18 Å². The predicted molar refractivity (Wildman–Crippen MR) is 107 cm³/mol. The summed E-state index contributed by atoms with van der Waals surface area (Å²) in [4.78, 5) is 19.6. The van der Waals surface area contributed by atoms with Gasteiger partial charge in [0, 0.05) is 23.1 Å². The lowest BCUT2D eigenvalue weighted by Crippen LogP contribution is -2.31. The fourth-order valence-electron chi connectivity index (χ4n) is 2.37. The molecule has 140 valence electrons. The van der Waals surface area contributed by atoms with Gasteiger partial charge in [-0.15, -0.1) is 23.1 Å². The summed E-state index contributed by atoms with van der Waals surface area (Å²) in [5.41, 5.74) is 3.48. The number of hydrogen-bond donors (Lipinski definition) is 0. The lowest BCUT2D eigenvalue weighted by atomic mass is 10.2. The molecular weight excluding hydrogens is 383 g/mol. The molecule has 0 unspecified atom stereocenters. The fraction of sp³-hybridized carbons (Fsp3) is 0.200. The highest BCUT2D eigenvalue weighted by Crippen LogP contribution is 2.27. The number of halogens is 1. The highest BCUT2D eigenvalue weighted by Gasteiger charge is 2.16. The Bertz CT molecular complexity index is 870. The van der Waals surface area contributed by atoms with E-state index in [1.165, 1.54) is 12.1 Å². The standard InChI is InChI=1S/C20H19FN2O2S2/c1-23(10-11-25-17-8-6-15(21)7-9-17)20(24)18-4-2-3-5-19(18)27-13-16-12-26-14-22-16/h2-9,12,14H,10-11,13H2,1H3. The second-order valence-corrected chi connectivity index (χ2v) is 7.53. The number of ether oxygens (including phenoxy) is 1. The van der Waals surface area contributed by atoms with Crippen molar-refractivity contribution in [1.82, 2.24) is 9.88 Å². The van der Waals surface area contributed by atoms with Crippen LogP contribution < -0.4 is 4.74 Å². The van der Waals surface area contributed by atoms with Crippen molar-refractivity contribution in [3.8, 4) is 5.75 Å². The molecule has 27 heavy (non-hydrogen) atoms. The van der Waals surface area contributed by atoms with Gasteiger partial charge in [0.2, 0.25) is 0 Å². The van der Waals surface area contributed by atoms with E-state index in [0.29, 0.717) is 24.5 Å². The number of hydrogen-bond acceptors (Lipinski definition) is 5. The van der Waals surface area contributed by atoms with Gasteiger partial charge >= 0.3 is 0 Å². The van der Waals surface area contributed by atoms with Crippen LogP contribution in [0.15, 0.2) is 64.3 Å². The predicted octanol–water partition coefficient (Wildman–Crippen LogP) is 4.73. The summed E-state index contributed by atoms with van der Waals surface area (Å²) in [6.07, 6.45) is 0. The van der Waals surface area contributed by atoms with Crippen LogP contribution in [0.1, 0.15) is 16.1 Å². The van der Waals surface area contributed by atoms with Crippen molar-refractivity contribution in [2.45, 2.75) is 10.6 Å². The van der Waals surface area contributed by atoms with Gasteiger partial charge in [0.25, 0.3) is 5.91 Å². The topological polar surface area (TPSA) is 42.4 Å². The van der Waals surface area contributed by atoms with E-state index < -0.39 is 0 Å². The van der Waals surface area contributed by atoms with Crippen molar-refractivity contribution in [3.63, 3.8) is 0 Å². The number of aromatic nitrogens is 1. The highest BCUT2D eigenvalue weighted by atomic mass is 32.2. The van der Waals surface area contributed by atoms with Gasteiger partial charge in [0.1, 0.15) is 18.2 Å². The number of carbonyl (C=O) groups is 1. The molecule has 0 aliphatic rings. The Balaban J connectivity index is 1.56. The van der Waals surface area contributed by atoms with E-state index in [1.807, 2.05) is 35.2 Å². The van der Waals surface area contributed by atoms with Gasteiger partial charge in [0.15, 0.2) is 0 Å². The number of benzene rings is 2. The summed E-state index contributed by atoms with van der Waals surface area (Å²) < 4.78 is 18.5. The van der Waals surface area contributed by atoms with Crippen LogP contribution in [0, 0.1) is 5.82 Å². The number of rotatable bonds is 8. The third-order valence-corrected chi connectivity index (χ3v) is 5.57. The van der Waals surface area contributed by atoms with Crippen LogP contribution in [0.5, 0.6) is 5.75 Å². The summed E-state index contributed by atoms with van der Waals surface area (Å²) in [5.74, 6) is 0.947. The number of likely N-dealkylation sites (N-methyl/N-ethyl adjacent to an activating group) is 1. The molecule has 0 saturated carbocycles. The first-order valence-electron chi connectivity index (χ1n) is 8.36. The second kappa shape index (κ2) is 9.53. The van der Waals surface area contributed by atoms with Crippen LogP contribution in [0.3, 0.4) is 0 Å². The minimum Gasteiger partial charge on any atom is -0.492 e. The summed E-state index contributed by atoms with van der Waals surface area (Å²) >= 11 is 3.17. The first-order valence-corrected chi connectivity index (χ1v) is 10.3. The Morgan fingerprint density at radius 1 is 1.22 bits per heavy atom. The van der Waals surface area contributed by atoms with Gasteiger partial charge in [-0.3, -0.25) is 4.79 Å². The van der Waals surface area contributed by atoms with Crippen LogP contribution in [-0.2, 0) is 5.75 Å². The Hall–Kier alpha value is -2.38. The van der Waals surface area contributed by atoms with E-state index in [1.54, 1.807) is 47.2 Å². The molecule has 4 nitrogen and oxygen atoms in total. The molecule has 0 bridgehead atoms. The molecule has 3 rings (SSSR count). The minimum absolute atomic E-state index is 0.0564. The van der Waals surface area contributed by atoms with Gasteiger partial charge in [-0.05, 0) is 36.4 Å². The molecule has 0 atom stereocenters. The number of amides is 1. The van der Waals surface area contributed by atoms with E-state index >= 15 is 0 Å². The summed E-state index contributed by atoms with van der Waals surface area (Å²) in [5, 5.41) is 2.01. The minimum atomic E-state index is -0.304. The molecule has 0 fully saturated rings. The van der Waals surface area contributed by atoms with Gasteiger partial charge in [-0.25, -0.2) is 9.37 Å². The van der Waals surface area contributed by atoms with Crippen LogP contribution in [0.2, 0.25) is 0 Å². The molecule has 0 aliphatic heterocycles. The summed E-state index contributed by atoms with van der Waals surface area (Å²) in [7, 11) is 1.75.